The molecule has 0 aliphatic rings. The molecule has 0 saturated carbocycles. The van der Waals surface area contributed by atoms with Crippen LogP contribution < -0.4 is 5.73 Å². The summed E-state index contributed by atoms with van der Waals surface area (Å²) < 4.78 is 5.17. The van der Waals surface area contributed by atoms with Crippen molar-refractivity contribution in [1.29, 1.82) is 0 Å². The molecule has 3 rings (SSSR count). The molecule has 1 atom stereocenters. The number of nitrogens with two attached hydrogens (primary N) is 1. The predicted molar refractivity (Wildman–Crippen MR) is 90.7 cm³/mol. The van der Waals surface area contributed by atoms with Crippen molar-refractivity contribution in [2.75, 3.05) is 0 Å². The van der Waals surface area contributed by atoms with Crippen LogP contribution in [0.3, 0.4) is 0 Å². The van der Waals surface area contributed by atoms with Crippen molar-refractivity contribution in [1.82, 2.24) is 0 Å². The number of hydrogen-bond donors (Lipinski definition) is 1. The molecule has 2 N–H and O–H groups in total. The van der Waals surface area contributed by atoms with Crippen molar-refractivity contribution in [2.24, 2.45) is 5.73 Å². The zero-order valence-electron chi connectivity index (χ0n) is 12.4. The maximum atomic E-state index is 11.2. The number of carbonyl (C=O) groups is 1. The first-order valence-electron chi connectivity index (χ1n) is 7.24. The number of primary amides is 1. The summed E-state index contributed by atoms with van der Waals surface area (Å²) in [6, 6.07) is 23.3. The highest BCUT2D eigenvalue weighted by Crippen LogP contribution is 2.22. The third-order valence-electron chi connectivity index (χ3n) is 3.43. The van der Waals surface area contributed by atoms with Gasteiger partial charge in [0.1, 0.15) is 0 Å². The van der Waals surface area contributed by atoms with Crippen molar-refractivity contribution < 1.29 is 9.53 Å². The lowest BCUT2D eigenvalue weighted by atomic mass is 10.0. The second-order valence-electron chi connectivity index (χ2n) is 5.06. The molecule has 0 spiro atoms. The van der Waals surface area contributed by atoms with Crippen LogP contribution in [0.15, 0.2) is 72.8 Å². The quantitative estimate of drug-likeness (QED) is 0.727. The summed E-state index contributed by atoms with van der Waals surface area (Å²) in [6.07, 6.45) is -1.54. The minimum Gasteiger partial charge on any atom is -0.428 e. The number of benzene rings is 3. The van der Waals surface area contributed by atoms with Gasteiger partial charge in [0.25, 0.3) is 0 Å². The van der Waals surface area contributed by atoms with E-state index in [0.29, 0.717) is 0 Å². The second-order valence-corrected chi connectivity index (χ2v) is 5.06. The van der Waals surface area contributed by atoms with Gasteiger partial charge in [-0.05, 0) is 34.9 Å². The van der Waals surface area contributed by atoms with Gasteiger partial charge in [0.15, 0.2) is 6.10 Å². The summed E-state index contributed by atoms with van der Waals surface area (Å²) in [6.45, 7) is 0. The van der Waals surface area contributed by atoms with Crippen LogP contribution in [0, 0.1) is 11.8 Å². The molecule has 0 bridgehead atoms. The molecule has 3 heteroatoms. The van der Waals surface area contributed by atoms with Gasteiger partial charge in [0.2, 0.25) is 0 Å². The molecular formula is C20H15NO2. The van der Waals surface area contributed by atoms with Gasteiger partial charge in [-0.2, -0.15) is 0 Å². The molecule has 3 aromatic rings. The van der Waals surface area contributed by atoms with E-state index in [1.807, 2.05) is 72.8 Å². The maximum absolute atomic E-state index is 11.2. The normalized spacial score (nSPS) is 11.3. The molecule has 0 radical (unpaired) electrons. The summed E-state index contributed by atoms with van der Waals surface area (Å²) in [5.74, 6) is 5.99. The van der Waals surface area contributed by atoms with E-state index in [4.69, 9.17) is 10.5 Å². The fourth-order valence-electron chi connectivity index (χ4n) is 2.34. The lowest BCUT2D eigenvalue weighted by molar-refractivity contribution is 0.134. The Morgan fingerprint density at radius 2 is 1.61 bits per heavy atom. The first kappa shape index (κ1) is 14.7. The Kier molecular flexibility index (Phi) is 4.26. The van der Waals surface area contributed by atoms with Gasteiger partial charge in [0.05, 0.1) is 0 Å². The second kappa shape index (κ2) is 6.67. The summed E-state index contributed by atoms with van der Waals surface area (Å²) in [5.41, 5.74) is 6.83. The minimum atomic E-state index is -0.842. The molecule has 0 heterocycles. The number of rotatable bonds is 2. The SMILES string of the molecule is NC(=O)OC(C#Cc1ccccc1)c1ccc2ccccc2c1. The minimum absolute atomic E-state index is 0.697. The first-order valence-corrected chi connectivity index (χ1v) is 7.24. The number of ether oxygens (including phenoxy) is 1. The molecule has 1 amide bonds. The van der Waals surface area contributed by atoms with Gasteiger partial charge in [-0.25, -0.2) is 4.79 Å². The number of fused-ring (bicyclic) bond motifs is 1. The molecule has 0 saturated heterocycles. The highest BCUT2D eigenvalue weighted by molar-refractivity contribution is 5.83. The fourth-order valence-corrected chi connectivity index (χ4v) is 2.34. The molecule has 0 aliphatic heterocycles. The number of amides is 1. The summed E-state index contributed by atoms with van der Waals surface area (Å²) in [4.78, 5) is 11.2. The van der Waals surface area contributed by atoms with Crippen LogP contribution in [0.25, 0.3) is 10.8 Å². The van der Waals surface area contributed by atoms with Crippen molar-refractivity contribution >= 4 is 16.9 Å². The average Bonchev–Trinajstić information content (AvgIpc) is 2.59. The van der Waals surface area contributed by atoms with Gasteiger partial charge < -0.3 is 10.5 Å². The van der Waals surface area contributed by atoms with Gasteiger partial charge in [0, 0.05) is 11.1 Å². The predicted octanol–water partition coefficient (Wildman–Crippen LogP) is 4.03. The van der Waals surface area contributed by atoms with Crippen molar-refractivity contribution in [3.05, 3.63) is 83.9 Å². The van der Waals surface area contributed by atoms with E-state index in [9.17, 15) is 4.79 Å². The van der Waals surface area contributed by atoms with Crippen LogP contribution in [0.2, 0.25) is 0 Å². The van der Waals surface area contributed by atoms with Gasteiger partial charge in [-0.3, -0.25) is 0 Å². The third kappa shape index (κ3) is 3.69. The van der Waals surface area contributed by atoms with Crippen LogP contribution in [0.5, 0.6) is 0 Å². The van der Waals surface area contributed by atoms with Gasteiger partial charge in [-0.15, -0.1) is 0 Å². The number of carbonyl (C=O) groups excluding carboxylic acids is 1. The van der Waals surface area contributed by atoms with Crippen LogP contribution in [0.1, 0.15) is 17.2 Å². The molecular weight excluding hydrogens is 286 g/mol. The molecule has 0 aliphatic carbocycles. The molecule has 112 valence electrons. The lowest BCUT2D eigenvalue weighted by Crippen LogP contribution is -2.16. The number of hydrogen-bond acceptors (Lipinski definition) is 2. The standard InChI is InChI=1S/C20H15NO2/c21-20(22)23-19(13-10-15-6-2-1-3-7-15)18-12-11-16-8-4-5-9-17(16)14-18/h1-9,11-12,14,19H,(H2,21,22). The van der Waals surface area contributed by atoms with Crippen LogP contribution in [-0.4, -0.2) is 6.09 Å². The summed E-state index contributed by atoms with van der Waals surface area (Å²) in [5, 5.41) is 2.18. The van der Waals surface area contributed by atoms with E-state index in [2.05, 4.69) is 11.8 Å². The Balaban J connectivity index is 1.97. The van der Waals surface area contributed by atoms with E-state index < -0.39 is 12.2 Å². The van der Waals surface area contributed by atoms with E-state index in [1.165, 1.54) is 0 Å². The molecule has 0 aromatic heterocycles. The zero-order chi connectivity index (χ0) is 16.1. The largest absolute Gasteiger partial charge is 0.428 e. The van der Waals surface area contributed by atoms with E-state index >= 15 is 0 Å². The van der Waals surface area contributed by atoms with Crippen molar-refractivity contribution in [2.45, 2.75) is 6.10 Å². The molecule has 3 nitrogen and oxygen atoms in total. The van der Waals surface area contributed by atoms with Crippen molar-refractivity contribution in [3.8, 4) is 11.8 Å². The Labute approximate surface area is 134 Å². The summed E-state index contributed by atoms with van der Waals surface area (Å²) in [7, 11) is 0. The monoisotopic (exact) mass is 301 g/mol. The van der Waals surface area contributed by atoms with Crippen molar-refractivity contribution in [3.63, 3.8) is 0 Å². The molecule has 23 heavy (non-hydrogen) atoms. The molecule has 0 fully saturated rings. The third-order valence-corrected chi connectivity index (χ3v) is 3.43. The smallest absolute Gasteiger partial charge is 0.406 e. The topological polar surface area (TPSA) is 52.3 Å². The zero-order valence-corrected chi connectivity index (χ0v) is 12.4. The van der Waals surface area contributed by atoms with E-state index in [-0.39, 0.29) is 0 Å². The Hall–Kier alpha value is -3.25. The van der Waals surface area contributed by atoms with Crippen LogP contribution in [0.4, 0.5) is 4.79 Å². The van der Waals surface area contributed by atoms with E-state index in [0.717, 1.165) is 21.9 Å². The first-order chi connectivity index (χ1) is 11.2. The summed E-state index contributed by atoms with van der Waals surface area (Å²) >= 11 is 0. The van der Waals surface area contributed by atoms with Gasteiger partial charge >= 0.3 is 6.09 Å². The Morgan fingerprint density at radius 3 is 2.35 bits per heavy atom. The molecule has 1 unspecified atom stereocenters. The Bertz CT molecular complexity index is 891. The van der Waals surface area contributed by atoms with Crippen LogP contribution in [-0.2, 0) is 4.74 Å². The fraction of sp³-hybridized carbons (Fsp3) is 0.0500. The maximum Gasteiger partial charge on any atom is 0.406 e. The highest BCUT2D eigenvalue weighted by Gasteiger charge is 2.12. The van der Waals surface area contributed by atoms with Crippen LogP contribution >= 0.6 is 0 Å². The highest BCUT2D eigenvalue weighted by atomic mass is 16.6. The Morgan fingerprint density at radius 1 is 0.913 bits per heavy atom. The van der Waals surface area contributed by atoms with Gasteiger partial charge in [-0.1, -0.05) is 60.5 Å². The lowest BCUT2D eigenvalue weighted by Gasteiger charge is -2.12. The van der Waals surface area contributed by atoms with E-state index in [1.54, 1.807) is 0 Å². The average molecular weight is 301 g/mol. The molecule has 3 aromatic carbocycles.